The molecule has 198 valence electrons. The molecular weight excluding hydrogens is 460 g/mol. The van der Waals surface area contributed by atoms with Gasteiger partial charge in [0.1, 0.15) is 12.4 Å². The molecule has 0 aromatic heterocycles. The molecule has 0 radical (unpaired) electrons. The maximum Gasteiger partial charge on any atom is 0.257 e. The minimum Gasteiger partial charge on any atom is -0.491 e. The van der Waals surface area contributed by atoms with E-state index < -0.39 is 0 Å². The number of allylic oxidation sites excluding steroid dienone is 1. The first kappa shape index (κ1) is 26.0. The van der Waals surface area contributed by atoms with Crippen LogP contribution in [-0.2, 0) is 24.1 Å². The molecule has 2 fully saturated rings. The Kier molecular flexibility index (Phi) is 8.62. The first-order valence-electron chi connectivity index (χ1n) is 14.2. The van der Waals surface area contributed by atoms with Crippen molar-refractivity contribution in [3.63, 3.8) is 0 Å². The van der Waals surface area contributed by atoms with Crippen molar-refractivity contribution in [2.75, 3.05) is 26.8 Å². The molecule has 2 aromatic carbocycles. The van der Waals surface area contributed by atoms with Crippen LogP contribution in [0.15, 0.2) is 54.7 Å². The zero-order chi connectivity index (χ0) is 25.6. The molecule has 0 N–H and O–H groups in total. The minimum atomic E-state index is -0.00489. The highest BCUT2D eigenvalue weighted by Gasteiger charge is 2.21. The van der Waals surface area contributed by atoms with Gasteiger partial charge in [0.15, 0.2) is 0 Å². The third kappa shape index (κ3) is 6.82. The fourth-order valence-corrected chi connectivity index (χ4v) is 5.91. The lowest BCUT2D eigenvalue weighted by Gasteiger charge is -2.33. The number of amides is 1. The van der Waals surface area contributed by atoms with E-state index in [1.807, 2.05) is 37.5 Å². The Morgan fingerprint density at radius 1 is 1.08 bits per heavy atom. The number of hydrogen-bond donors (Lipinski definition) is 0. The Bertz CT molecular complexity index is 1070. The standard InChI is InChI=1S/C32H42N2O3/c1-24-6-3-4-17-34(24)22-26-9-11-28-20-25(8-10-29(28)21-26)16-18-33(2)32(35)27-12-14-30(15-13-27)37-23-31-7-5-19-36-31/h9,11-16,18,21,24-25,31H,3-8,10,17,19-20,22-23H2,1-2H3/b18-16+/t24-,25-,31+/m1/s1. The van der Waals surface area contributed by atoms with Gasteiger partial charge in [-0.2, -0.15) is 0 Å². The maximum absolute atomic E-state index is 12.9. The van der Waals surface area contributed by atoms with Crippen LogP contribution in [-0.4, -0.2) is 54.7 Å². The van der Waals surface area contributed by atoms with Gasteiger partial charge < -0.3 is 14.4 Å². The Balaban J connectivity index is 1.11. The molecule has 0 spiro atoms. The lowest BCUT2D eigenvalue weighted by Crippen LogP contribution is -2.36. The van der Waals surface area contributed by atoms with Crippen molar-refractivity contribution < 1.29 is 14.3 Å². The predicted molar refractivity (Wildman–Crippen MR) is 148 cm³/mol. The summed E-state index contributed by atoms with van der Waals surface area (Å²) in [7, 11) is 1.84. The van der Waals surface area contributed by atoms with Crippen molar-refractivity contribution in [2.45, 2.75) is 77.0 Å². The highest BCUT2D eigenvalue weighted by molar-refractivity contribution is 5.94. The molecule has 2 heterocycles. The van der Waals surface area contributed by atoms with Gasteiger partial charge in [0, 0.05) is 38.0 Å². The molecule has 3 aliphatic rings. The smallest absolute Gasteiger partial charge is 0.257 e. The molecule has 5 rings (SSSR count). The second-order valence-corrected chi connectivity index (χ2v) is 11.1. The minimum absolute atomic E-state index is 0.00489. The summed E-state index contributed by atoms with van der Waals surface area (Å²) >= 11 is 0. The monoisotopic (exact) mass is 502 g/mol. The number of likely N-dealkylation sites (tertiary alicyclic amines) is 1. The van der Waals surface area contributed by atoms with E-state index in [0.29, 0.717) is 24.1 Å². The van der Waals surface area contributed by atoms with Crippen LogP contribution in [0.5, 0.6) is 5.75 Å². The van der Waals surface area contributed by atoms with Crippen molar-refractivity contribution in [1.82, 2.24) is 9.80 Å². The maximum atomic E-state index is 12.9. The zero-order valence-corrected chi connectivity index (χ0v) is 22.5. The molecule has 37 heavy (non-hydrogen) atoms. The Morgan fingerprint density at radius 2 is 1.95 bits per heavy atom. The summed E-state index contributed by atoms with van der Waals surface area (Å²) in [4.78, 5) is 17.3. The molecule has 1 amide bonds. The molecule has 0 bridgehead atoms. The number of piperidine rings is 1. The number of ether oxygens (including phenoxy) is 2. The van der Waals surface area contributed by atoms with Gasteiger partial charge in [-0.05, 0) is 105 Å². The second kappa shape index (κ2) is 12.3. The topological polar surface area (TPSA) is 42.0 Å². The van der Waals surface area contributed by atoms with E-state index in [9.17, 15) is 4.79 Å². The molecule has 0 saturated carbocycles. The molecule has 5 nitrogen and oxygen atoms in total. The van der Waals surface area contributed by atoms with E-state index in [1.165, 1.54) is 42.5 Å². The van der Waals surface area contributed by atoms with E-state index in [1.54, 1.807) is 4.90 Å². The van der Waals surface area contributed by atoms with Crippen molar-refractivity contribution in [1.29, 1.82) is 0 Å². The third-order valence-electron chi connectivity index (χ3n) is 8.33. The molecule has 2 aromatic rings. The van der Waals surface area contributed by atoms with Gasteiger partial charge in [0.25, 0.3) is 5.91 Å². The first-order chi connectivity index (χ1) is 18.0. The van der Waals surface area contributed by atoms with Gasteiger partial charge in [0.2, 0.25) is 0 Å². The predicted octanol–water partition coefficient (Wildman–Crippen LogP) is 6.01. The SMILES string of the molecule is C[C@@H]1CCCCN1Cc1ccc2c(c1)CC[C@H](/C=C/N(C)C(=O)c1ccc(OC[C@@H]3CCCO3)cc1)C2. The summed E-state index contributed by atoms with van der Waals surface area (Å²) in [6, 6.07) is 15.2. The highest BCUT2D eigenvalue weighted by Crippen LogP contribution is 2.29. The fourth-order valence-electron chi connectivity index (χ4n) is 5.91. The Labute approximate surface area is 222 Å². The molecule has 3 atom stereocenters. The summed E-state index contributed by atoms with van der Waals surface area (Å²) < 4.78 is 11.4. The average molecular weight is 503 g/mol. The van der Waals surface area contributed by atoms with Crippen LogP contribution in [0.4, 0.5) is 0 Å². The zero-order valence-electron chi connectivity index (χ0n) is 22.5. The normalized spacial score (nSPS) is 24.2. The van der Waals surface area contributed by atoms with Gasteiger partial charge in [-0.15, -0.1) is 0 Å². The number of nitrogens with zero attached hydrogens (tertiary/aromatic N) is 2. The number of rotatable bonds is 8. The number of hydrogen-bond acceptors (Lipinski definition) is 4. The summed E-state index contributed by atoms with van der Waals surface area (Å²) in [5.74, 6) is 1.23. The number of carbonyl (C=O) groups is 1. The van der Waals surface area contributed by atoms with Crippen LogP contribution in [0.25, 0.3) is 0 Å². The quantitative estimate of drug-likeness (QED) is 0.443. The van der Waals surface area contributed by atoms with E-state index >= 15 is 0 Å². The van der Waals surface area contributed by atoms with Crippen LogP contribution >= 0.6 is 0 Å². The molecular formula is C32H42N2O3. The average Bonchev–Trinajstić information content (AvgIpc) is 3.45. The van der Waals surface area contributed by atoms with E-state index in [0.717, 1.165) is 51.0 Å². The molecule has 1 aliphatic carbocycles. The van der Waals surface area contributed by atoms with Crippen molar-refractivity contribution in [3.8, 4) is 5.75 Å². The van der Waals surface area contributed by atoms with E-state index in [4.69, 9.17) is 9.47 Å². The number of benzene rings is 2. The Morgan fingerprint density at radius 3 is 2.73 bits per heavy atom. The van der Waals surface area contributed by atoms with Crippen molar-refractivity contribution >= 4 is 5.91 Å². The van der Waals surface area contributed by atoms with Gasteiger partial charge in [-0.3, -0.25) is 9.69 Å². The Hall–Kier alpha value is -2.63. The van der Waals surface area contributed by atoms with Crippen molar-refractivity contribution in [3.05, 3.63) is 77.0 Å². The van der Waals surface area contributed by atoms with Crippen LogP contribution in [0.2, 0.25) is 0 Å². The largest absolute Gasteiger partial charge is 0.491 e. The number of carbonyl (C=O) groups excluding carboxylic acids is 1. The van der Waals surface area contributed by atoms with Gasteiger partial charge in [-0.25, -0.2) is 0 Å². The number of fused-ring (bicyclic) bond motifs is 1. The van der Waals surface area contributed by atoms with E-state index in [2.05, 4.69) is 36.1 Å². The lowest BCUT2D eigenvalue weighted by molar-refractivity contribution is 0.0679. The molecule has 2 saturated heterocycles. The summed E-state index contributed by atoms with van der Waals surface area (Å²) in [5.41, 5.74) is 5.10. The highest BCUT2D eigenvalue weighted by atomic mass is 16.5. The van der Waals surface area contributed by atoms with Crippen molar-refractivity contribution in [2.24, 2.45) is 5.92 Å². The van der Waals surface area contributed by atoms with Crippen LogP contribution in [0.1, 0.15) is 72.5 Å². The molecule has 5 heteroatoms. The van der Waals surface area contributed by atoms with Crippen LogP contribution in [0.3, 0.4) is 0 Å². The summed E-state index contributed by atoms with van der Waals surface area (Å²) in [5, 5.41) is 0. The molecule has 0 unspecified atom stereocenters. The van der Waals surface area contributed by atoms with Gasteiger partial charge in [0.05, 0.1) is 6.10 Å². The van der Waals surface area contributed by atoms with Gasteiger partial charge >= 0.3 is 0 Å². The summed E-state index contributed by atoms with van der Waals surface area (Å²) in [6.45, 7) is 6.07. The van der Waals surface area contributed by atoms with Crippen LogP contribution in [0, 0.1) is 5.92 Å². The van der Waals surface area contributed by atoms with Crippen LogP contribution < -0.4 is 4.74 Å². The van der Waals surface area contributed by atoms with E-state index in [-0.39, 0.29) is 12.0 Å². The second-order valence-electron chi connectivity index (χ2n) is 11.1. The summed E-state index contributed by atoms with van der Waals surface area (Å²) in [6.07, 6.45) is 13.8. The number of aryl methyl sites for hydroxylation is 1. The third-order valence-corrected chi connectivity index (χ3v) is 8.33. The fraction of sp³-hybridized carbons (Fsp3) is 0.531. The lowest BCUT2D eigenvalue weighted by atomic mass is 9.83. The van der Waals surface area contributed by atoms with Gasteiger partial charge in [-0.1, -0.05) is 30.7 Å². The first-order valence-corrected chi connectivity index (χ1v) is 14.2. The molecule has 2 aliphatic heterocycles.